The highest BCUT2D eigenvalue weighted by Crippen LogP contribution is 2.30. The molecular formula is C18H21N7. The van der Waals surface area contributed by atoms with E-state index in [2.05, 4.69) is 29.8 Å². The number of piperidine rings is 1. The van der Waals surface area contributed by atoms with Crippen molar-refractivity contribution in [3.63, 3.8) is 0 Å². The summed E-state index contributed by atoms with van der Waals surface area (Å²) in [7, 11) is 0. The van der Waals surface area contributed by atoms with Gasteiger partial charge in [-0.3, -0.25) is 9.55 Å². The highest BCUT2D eigenvalue weighted by Gasteiger charge is 2.27. The van der Waals surface area contributed by atoms with Crippen molar-refractivity contribution < 1.29 is 0 Å². The molecule has 0 saturated carbocycles. The molecule has 1 atom stereocenters. The van der Waals surface area contributed by atoms with Gasteiger partial charge < -0.3 is 4.90 Å². The third-order valence-corrected chi connectivity index (χ3v) is 4.52. The Balaban J connectivity index is 1.64. The number of nitrogens with zero attached hydrogens (tertiary/aromatic N) is 7. The van der Waals surface area contributed by atoms with Gasteiger partial charge in [-0.2, -0.15) is 0 Å². The van der Waals surface area contributed by atoms with Crippen LogP contribution in [0.2, 0.25) is 0 Å². The molecule has 0 N–H and O–H groups in total. The SMILES string of the molecule is Cc1cc(C)nc(N2CCC[C@H](c3nccnc3-n3ccnc3)C2)n1. The molecule has 25 heavy (non-hydrogen) atoms. The predicted octanol–water partition coefficient (Wildman–Crippen LogP) is 2.45. The fourth-order valence-corrected chi connectivity index (χ4v) is 3.44. The predicted molar refractivity (Wildman–Crippen MR) is 94.8 cm³/mol. The van der Waals surface area contributed by atoms with Gasteiger partial charge in [0.25, 0.3) is 0 Å². The van der Waals surface area contributed by atoms with Gasteiger partial charge in [0.1, 0.15) is 6.33 Å². The van der Waals surface area contributed by atoms with Crippen LogP contribution in [0.5, 0.6) is 0 Å². The first-order valence-electron chi connectivity index (χ1n) is 8.57. The first-order chi connectivity index (χ1) is 12.2. The van der Waals surface area contributed by atoms with Gasteiger partial charge in [-0.15, -0.1) is 0 Å². The number of aromatic nitrogens is 6. The minimum atomic E-state index is 0.296. The molecule has 0 unspecified atom stereocenters. The lowest BCUT2D eigenvalue weighted by Gasteiger charge is -2.33. The van der Waals surface area contributed by atoms with Crippen LogP contribution in [0.4, 0.5) is 5.95 Å². The van der Waals surface area contributed by atoms with Gasteiger partial charge in [0.2, 0.25) is 5.95 Å². The molecule has 3 aromatic heterocycles. The lowest BCUT2D eigenvalue weighted by molar-refractivity contribution is 0.491. The zero-order chi connectivity index (χ0) is 17.2. The molecule has 1 fully saturated rings. The Labute approximate surface area is 146 Å². The minimum absolute atomic E-state index is 0.296. The van der Waals surface area contributed by atoms with E-state index in [4.69, 9.17) is 0 Å². The van der Waals surface area contributed by atoms with Crippen LogP contribution in [0.3, 0.4) is 0 Å². The number of hydrogen-bond acceptors (Lipinski definition) is 6. The third-order valence-electron chi connectivity index (χ3n) is 4.52. The van der Waals surface area contributed by atoms with Crippen molar-refractivity contribution in [1.29, 1.82) is 0 Å². The van der Waals surface area contributed by atoms with E-state index in [1.165, 1.54) is 0 Å². The van der Waals surface area contributed by atoms with Crippen LogP contribution in [0, 0.1) is 13.8 Å². The summed E-state index contributed by atoms with van der Waals surface area (Å²) in [6.45, 7) is 5.85. The average molecular weight is 335 g/mol. The standard InChI is InChI=1S/C18H21N7/c1-13-10-14(2)23-18(22-13)24-8-3-4-15(11-24)16-17(21-6-5-20-16)25-9-7-19-12-25/h5-7,9-10,12,15H,3-4,8,11H2,1-2H3/t15-/m0/s1. The van der Waals surface area contributed by atoms with Gasteiger partial charge in [0.05, 0.1) is 5.69 Å². The van der Waals surface area contributed by atoms with Crippen molar-refractivity contribution in [3.8, 4) is 5.82 Å². The fourth-order valence-electron chi connectivity index (χ4n) is 3.44. The maximum absolute atomic E-state index is 4.64. The number of aryl methyl sites for hydroxylation is 2. The van der Waals surface area contributed by atoms with E-state index in [0.717, 1.165) is 54.8 Å². The van der Waals surface area contributed by atoms with Gasteiger partial charge in [-0.05, 0) is 32.8 Å². The second-order valence-corrected chi connectivity index (χ2v) is 6.47. The van der Waals surface area contributed by atoms with E-state index in [0.29, 0.717) is 5.92 Å². The second-order valence-electron chi connectivity index (χ2n) is 6.47. The van der Waals surface area contributed by atoms with Crippen molar-refractivity contribution in [2.75, 3.05) is 18.0 Å². The summed E-state index contributed by atoms with van der Waals surface area (Å²) < 4.78 is 1.93. The van der Waals surface area contributed by atoms with E-state index in [1.807, 2.05) is 30.7 Å². The maximum Gasteiger partial charge on any atom is 0.225 e. The summed E-state index contributed by atoms with van der Waals surface area (Å²) in [5.41, 5.74) is 3.01. The Kier molecular flexibility index (Phi) is 4.13. The van der Waals surface area contributed by atoms with Crippen molar-refractivity contribution in [3.05, 3.63) is 54.3 Å². The van der Waals surface area contributed by atoms with Crippen LogP contribution < -0.4 is 4.90 Å². The van der Waals surface area contributed by atoms with Crippen LogP contribution in [-0.4, -0.2) is 42.6 Å². The fraction of sp³-hybridized carbons (Fsp3) is 0.389. The first kappa shape index (κ1) is 15.7. The number of imidazole rings is 1. The smallest absolute Gasteiger partial charge is 0.225 e. The summed E-state index contributed by atoms with van der Waals surface area (Å²) >= 11 is 0. The average Bonchev–Trinajstić information content (AvgIpc) is 3.16. The van der Waals surface area contributed by atoms with Crippen LogP contribution in [0.15, 0.2) is 37.2 Å². The Morgan fingerprint density at radius 2 is 1.84 bits per heavy atom. The molecule has 3 aromatic rings. The molecule has 128 valence electrons. The largest absolute Gasteiger partial charge is 0.340 e. The number of anilines is 1. The number of hydrogen-bond donors (Lipinski definition) is 0. The van der Waals surface area contributed by atoms with Crippen molar-refractivity contribution in [2.24, 2.45) is 0 Å². The van der Waals surface area contributed by atoms with Gasteiger partial charge in [-0.1, -0.05) is 0 Å². The summed E-state index contributed by atoms with van der Waals surface area (Å²) in [6.07, 6.45) is 11.1. The Morgan fingerprint density at radius 1 is 1.04 bits per heavy atom. The molecule has 7 nitrogen and oxygen atoms in total. The zero-order valence-corrected chi connectivity index (χ0v) is 14.5. The third kappa shape index (κ3) is 3.22. The second kappa shape index (κ2) is 6.58. The topological polar surface area (TPSA) is 72.6 Å². The summed E-state index contributed by atoms with van der Waals surface area (Å²) in [5.74, 6) is 1.97. The van der Waals surface area contributed by atoms with Crippen LogP contribution in [0.1, 0.15) is 35.8 Å². The minimum Gasteiger partial charge on any atom is -0.340 e. The molecule has 0 bridgehead atoms. The highest BCUT2D eigenvalue weighted by atomic mass is 15.3. The Morgan fingerprint density at radius 3 is 2.60 bits per heavy atom. The molecule has 0 aliphatic carbocycles. The van der Waals surface area contributed by atoms with E-state index >= 15 is 0 Å². The first-order valence-corrected chi connectivity index (χ1v) is 8.57. The quantitative estimate of drug-likeness (QED) is 0.732. The molecular weight excluding hydrogens is 314 g/mol. The van der Waals surface area contributed by atoms with Gasteiger partial charge in [0, 0.05) is 55.2 Å². The van der Waals surface area contributed by atoms with E-state index < -0.39 is 0 Å². The Bertz CT molecular complexity index is 839. The van der Waals surface area contributed by atoms with Gasteiger partial charge in [0.15, 0.2) is 5.82 Å². The molecule has 0 spiro atoms. The molecule has 4 rings (SSSR count). The molecule has 1 saturated heterocycles. The van der Waals surface area contributed by atoms with Crippen LogP contribution in [-0.2, 0) is 0 Å². The molecule has 7 heteroatoms. The normalized spacial score (nSPS) is 17.7. The lowest BCUT2D eigenvalue weighted by Crippen LogP contribution is -2.36. The van der Waals surface area contributed by atoms with E-state index in [9.17, 15) is 0 Å². The molecule has 4 heterocycles. The van der Waals surface area contributed by atoms with Crippen molar-refractivity contribution in [1.82, 2.24) is 29.5 Å². The molecule has 0 aromatic carbocycles. The van der Waals surface area contributed by atoms with E-state index in [1.54, 1.807) is 24.9 Å². The molecule has 1 aliphatic heterocycles. The monoisotopic (exact) mass is 335 g/mol. The molecule has 1 aliphatic rings. The van der Waals surface area contributed by atoms with Gasteiger partial charge >= 0.3 is 0 Å². The molecule has 0 amide bonds. The summed E-state index contributed by atoms with van der Waals surface area (Å²) in [4.78, 5) is 24.8. The lowest BCUT2D eigenvalue weighted by atomic mass is 9.94. The van der Waals surface area contributed by atoms with E-state index in [-0.39, 0.29) is 0 Å². The Hall–Kier alpha value is -2.83. The zero-order valence-electron chi connectivity index (χ0n) is 14.5. The summed E-state index contributed by atoms with van der Waals surface area (Å²) in [5, 5.41) is 0. The summed E-state index contributed by atoms with van der Waals surface area (Å²) in [6, 6.07) is 2.00. The molecule has 0 radical (unpaired) electrons. The van der Waals surface area contributed by atoms with Crippen LogP contribution >= 0.6 is 0 Å². The highest BCUT2D eigenvalue weighted by molar-refractivity contribution is 5.37. The number of rotatable bonds is 3. The van der Waals surface area contributed by atoms with Crippen LogP contribution in [0.25, 0.3) is 5.82 Å². The van der Waals surface area contributed by atoms with Crippen molar-refractivity contribution in [2.45, 2.75) is 32.6 Å². The maximum atomic E-state index is 4.64. The van der Waals surface area contributed by atoms with Crippen molar-refractivity contribution >= 4 is 5.95 Å². The van der Waals surface area contributed by atoms with Gasteiger partial charge in [-0.25, -0.2) is 19.9 Å².